The monoisotopic (exact) mass is 445 g/mol. The molecular weight excluding hydrogens is 443 g/mol. The van der Waals surface area contributed by atoms with E-state index in [0.29, 0.717) is 5.69 Å². The Morgan fingerprint density at radius 2 is 1.17 bits per heavy atom. The van der Waals surface area contributed by atoms with Crippen LogP contribution in [0.15, 0.2) is 50.0 Å². The van der Waals surface area contributed by atoms with Crippen LogP contribution in [-0.2, 0) is 10.00 Å². The van der Waals surface area contributed by atoms with Crippen LogP contribution in [-0.4, -0.2) is 18.3 Å². The smallest absolute Gasteiger partial charge is 0.245 e. The molecule has 1 aromatic heterocycles. The van der Waals surface area contributed by atoms with Gasteiger partial charge in [0.15, 0.2) is 0 Å². The molecule has 0 N–H and O–H groups in total. The van der Waals surface area contributed by atoms with Gasteiger partial charge in [0, 0.05) is 0 Å². The molecule has 0 saturated carbocycles. The zero-order chi connectivity index (χ0) is 17.7. The van der Waals surface area contributed by atoms with E-state index in [-0.39, 0.29) is 10.1 Å². The average Bonchev–Trinajstić information content (AvgIpc) is 2.93. The van der Waals surface area contributed by atoms with Crippen LogP contribution in [0.25, 0.3) is 5.69 Å². The molecule has 24 heavy (non-hydrogen) atoms. The molecule has 2 bridgehead atoms. The van der Waals surface area contributed by atoms with E-state index in [1.165, 1.54) is 0 Å². The number of fused-ring (bicyclic) bond motifs is 5. The lowest BCUT2D eigenvalue weighted by molar-refractivity contribution is 0.447. The van der Waals surface area contributed by atoms with Crippen LogP contribution in [0, 0.1) is 0 Å². The largest absolute Gasteiger partial charge is 0.354 e. The van der Waals surface area contributed by atoms with Crippen molar-refractivity contribution >= 4 is 69.6 Å². The zero-order valence-electron chi connectivity index (χ0n) is 11.3. The average molecular weight is 448 g/mol. The summed E-state index contributed by atoms with van der Waals surface area (Å²) in [6, 6.07) is 8.23. The molecule has 0 unspecified atom stereocenters. The Bertz CT molecular complexity index is 977. The van der Waals surface area contributed by atoms with Crippen molar-refractivity contribution in [3.8, 4) is 5.69 Å². The minimum Gasteiger partial charge on any atom is -0.245 e. The maximum absolute atomic E-state index is 12.9. The molecule has 4 rings (SSSR count). The molecule has 0 spiro atoms. The van der Waals surface area contributed by atoms with E-state index in [0.717, 1.165) is 13.9 Å². The van der Waals surface area contributed by atoms with Crippen molar-refractivity contribution in [2.24, 2.45) is 0 Å². The fourth-order valence-electron chi connectivity index (χ4n) is 3.02. The first-order chi connectivity index (χ1) is 11.1. The Kier molecular flexibility index (Phi) is 3.36. The van der Waals surface area contributed by atoms with Gasteiger partial charge in [-0.15, -0.1) is 0 Å². The number of rotatable bonds is 1. The highest BCUT2D eigenvalue weighted by Gasteiger charge is 2.80. The van der Waals surface area contributed by atoms with Crippen molar-refractivity contribution in [3.05, 3.63) is 61.4 Å². The predicted molar refractivity (Wildman–Crippen MR) is 95.1 cm³/mol. The van der Waals surface area contributed by atoms with E-state index in [9.17, 15) is 9.59 Å². The first-order valence-electron chi connectivity index (χ1n) is 6.47. The first kappa shape index (κ1) is 16.9. The van der Waals surface area contributed by atoms with Crippen LogP contribution in [0.1, 0.15) is 0 Å². The third kappa shape index (κ3) is 1.49. The molecular formula is C13H5Cl6N3O2. The van der Waals surface area contributed by atoms with Crippen molar-refractivity contribution in [1.29, 1.82) is 0 Å². The number of aromatic nitrogens is 3. The summed E-state index contributed by atoms with van der Waals surface area (Å²) < 4.78 is 0.512. The first-order valence-corrected chi connectivity index (χ1v) is 8.74. The molecule has 0 saturated heterocycles. The molecule has 1 aliphatic heterocycles. The van der Waals surface area contributed by atoms with Gasteiger partial charge in [0.25, 0.3) is 0 Å². The lowest BCUT2D eigenvalue weighted by Gasteiger charge is -2.29. The van der Waals surface area contributed by atoms with Gasteiger partial charge in [0.2, 0.25) is 14.3 Å². The van der Waals surface area contributed by atoms with E-state index in [1.807, 2.05) is 0 Å². The Morgan fingerprint density at radius 1 is 0.750 bits per heavy atom. The summed E-state index contributed by atoms with van der Waals surface area (Å²) in [5, 5.41) is -0.420. The fraction of sp³-hybridized carbons (Fsp3) is 0.231. The third-order valence-electron chi connectivity index (χ3n) is 4.15. The van der Waals surface area contributed by atoms with Crippen LogP contribution >= 0.6 is 69.6 Å². The molecule has 0 amide bonds. The summed E-state index contributed by atoms with van der Waals surface area (Å²) in [5.74, 6) is 0. The molecule has 5 nitrogen and oxygen atoms in total. The highest BCUT2D eigenvalue weighted by atomic mass is 35.5. The predicted octanol–water partition coefficient (Wildman–Crippen LogP) is 3.47. The van der Waals surface area contributed by atoms with Gasteiger partial charge in [-0.05, 0) is 12.1 Å². The highest BCUT2D eigenvalue weighted by molar-refractivity contribution is 6.63. The van der Waals surface area contributed by atoms with Crippen LogP contribution < -0.4 is 11.4 Å². The number of hydrogen-bond donors (Lipinski definition) is 0. The van der Waals surface area contributed by atoms with Gasteiger partial charge in [0.05, 0.1) is 15.8 Å². The van der Waals surface area contributed by atoms with Gasteiger partial charge in [-0.3, -0.25) is 0 Å². The summed E-state index contributed by atoms with van der Waals surface area (Å²) in [6.45, 7) is 0. The maximum Gasteiger partial charge on any atom is 0.354 e. The van der Waals surface area contributed by atoms with Crippen molar-refractivity contribution in [1.82, 2.24) is 13.9 Å². The number of para-hydroxylation sites is 1. The lowest BCUT2D eigenvalue weighted by Crippen LogP contribution is -2.47. The van der Waals surface area contributed by atoms with Gasteiger partial charge < -0.3 is 0 Å². The number of allylic oxidation sites excluding steroid dienone is 2. The second-order valence-electron chi connectivity index (χ2n) is 5.31. The van der Waals surface area contributed by atoms with E-state index in [1.54, 1.807) is 30.3 Å². The number of alkyl halides is 4. The molecule has 2 aromatic rings. The molecule has 2 aliphatic rings. The third-order valence-corrected chi connectivity index (χ3v) is 8.11. The van der Waals surface area contributed by atoms with Crippen molar-refractivity contribution in [2.75, 3.05) is 0 Å². The quantitative estimate of drug-likeness (QED) is 0.628. The topological polar surface area (TPSA) is 48.9 Å². The lowest BCUT2D eigenvalue weighted by atomic mass is 10.2. The van der Waals surface area contributed by atoms with Crippen LogP contribution in [0.3, 0.4) is 0 Å². The van der Waals surface area contributed by atoms with Crippen molar-refractivity contribution < 1.29 is 0 Å². The Labute approximate surface area is 164 Å². The van der Waals surface area contributed by atoms with Gasteiger partial charge >= 0.3 is 11.4 Å². The molecule has 0 fully saturated rings. The van der Waals surface area contributed by atoms with Gasteiger partial charge in [-0.2, -0.15) is 9.36 Å². The van der Waals surface area contributed by atoms with Gasteiger partial charge in [-0.1, -0.05) is 87.8 Å². The van der Waals surface area contributed by atoms with E-state index >= 15 is 0 Å². The summed E-state index contributed by atoms with van der Waals surface area (Å²) >= 11 is 37.9. The SMILES string of the molecule is O=c1n(-c2ccccc2)c(=O)n2n1[C@]1(Cl)C(Cl)=C(Cl)[C@@]2(Cl)C1(Cl)Cl. The van der Waals surface area contributed by atoms with Crippen LogP contribution in [0.4, 0.5) is 0 Å². The summed E-state index contributed by atoms with van der Waals surface area (Å²) in [6.07, 6.45) is 0. The standard InChI is InChI=1S/C13H5Cl6N3O2/c14-7-8(15)12(17)13(18,19)11(7,16)21-9(23)20(10(24)22(12)21)6-4-2-1-3-5-6/h1-5H/t11-,12+. The number of benzene rings is 1. The molecule has 0 radical (unpaired) electrons. The van der Waals surface area contributed by atoms with E-state index in [4.69, 9.17) is 69.6 Å². The second-order valence-corrected chi connectivity index (χ2v) is 8.48. The van der Waals surface area contributed by atoms with E-state index < -0.39 is 25.7 Å². The maximum atomic E-state index is 12.9. The molecule has 1 aromatic carbocycles. The molecule has 2 heterocycles. The van der Waals surface area contributed by atoms with Gasteiger partial charge in [-0.25, -0.2) is 14.2 Å². The summed E-state index contributed by atoms with van der Waals surface area (Å²) in [4.78, 5) is 21.7. The van der Waals surface area contributed by atoms with Crippen LogP contribution in [0.5, 0.6) is 0 Å². The fourth-order valence-corrected chi connectivity index (χ4v) is 5.53. The minimum absolute atomic E-state index is 0.210. The minimum atomic E-state index is -2.05. The van der Waals surface area contributed by atoms with E-state index in [2.05, 4.69) is 0 Å². The van der Waals surface area contributed by atoms with Crippen molar-refractivity contribution in [2.45, 2.75) is 14.3 Å². The summed E-state index contributed by atoms with van der Waals surface area (Å²) in [7, 11) is 0. The normalized spacial score (nSPS) is 30.1. The molecule has 2 atom stereocenters. The van der Waals surface area contributed by atoms with Crippen molar-refractivity contribution in [3.63, 3.8) is 0 Å². The Hall–Kier alpha value is -0.560. The van der Waals surface area contributed by atoms with Gasteiger partial charge in [0.1, 0.15) is 0 Å². The highest BCUT2D eigenvalue weighted by Crippen LogP contribution is 2.71. The molecule has 1 aliphatic carbocycles. The summed E-state index contributed by atoms with van der Waals surface area (Å²) in [5.41, 5.74) is -1.27. The van der Waals surface area contributed by atoms with Crippen LogP contribution in [0.2, 0.25) is 0 Å². The zero-order valence-corrected chi connectivity index (χ0v) is 15.8. The molecule has 126 valence electrons. The Balaban J connectivity index is 2.17. The Morgan fingerprint density at radius 3 is 1.58 bits per heavy atom. The molecule has 11 heteroatoms. The number of hydrogen-bond acceptors (Lipinski definition) is 2. The second kappa shape index (κ2) is 4.78. The number of nitrogens with zero attached hydrogens (tertiary/aromatic N) is 3. The number of halogens is 6.